The van der Waals surface area contributed by atoms with Gasteiger partial charge in [-0.05, 0) is 43.2 Å². The van der Waals surface area contributed by atoms with Crippen LogP contribution < -0.4 is 0 Å². The summed E-state index contributed by atoms with van der Waals surface area (Å²) < 4.78 is 0. The molecule has 3 rings (SSSR count). The number of hydrogen-bond donors (Lipinski definition) is 1. The third-order valence-electron chi connectivity index (χ3n) is 3.65. The molecule has 2 nitrogen and oxygen atoms in total. The number of hydrogen-bond acceptors (Lipinski definition) is 1. The Morgan fingerprint density at radius 3 is 2.50 bits per heavy atom. The Balaban J connectivity index is 1.85. The summed E-state index contributed by atoms with van der Waals surface area (Å²) in [6, 6.07) is 12.3. The molecule has 0 radical (unpaired) electrons. The van der Waals surface area contributed by atoms with Gasteiger partial charge in [-0.25, -0.2) is 0 Å². The van der Waals surface area contributed by atoms with E-state index in [1.165, 1.54) is 16.7 Å². The molecular weight excluding hydrogens is 268 g/mol. The summed E-state index contributed by atoms with van der Waals surface area (Å²) in [7, 11) is 0. The van der Waals surface area contributed by atoms with Crippen molar-refractivity contribution in [3.8, 4) is 0 Å². The SMILES string of the molecule is Cc1cc(C)cc(CN2Cc3cc(Cl)ccc3C2=N)c1. The van der Waals surface area contributed by atoms with Crippen LogP contribution in [0.2, 0.25) is 5.02 Å². The fraction of sp³-hybridized carbons (Fsp3) is 0.235. The molecule has 0 spiro atoms. The Labute approximate surface area is 124 Å². The van der Waals surface area contributed by atoms with E-state index >= 15 is 0 Å². The van der Waals surface area contributed by atoms with Crippen molar-refractivity contribution in [1.29, 1.82) is 5.41 Å². The first-order chi connectivity index (χ1) is 9.52. The summed E-state index contributed by atoms with van der Waals surface area (Å²) in [4.78, 5) is 2.09. The van der Waals surface area contributed by atoms with Gasteiger partial charge in [-0.1, -0.05) is 40.9 Å². The zero-order valence-corrected chi connectivity index (χ0v) is 12.5. The molecule has 0 saturated heterocycles. The minimum Gasteiger partial charge on any atom is -0.348 e. The van der Waals surface area contributed by atoms with Gasteiger partial charge in [0, 0.05) is 23.7 Å². The highest BCUT2D eigenvalue weighted by Gasteiger charge is 2.24. The van der Waals surface area contributed by atoms with E-state index in [1.54, 1.807) is 0 Å². The molecule has 3 heteroatoms. The summed E-state index contributed by atoms with van der Waals surface area (Å²) in [6.07, 6.45) is 0. The first-order valence-electron chi connectivity index (χ1n) is 6.72. The largest absolute Gasteiger partial charge is 0.348 e. The van der Waals surface area contributed by atoms with Crippen LogP contribution in [0.3, 0.4) is 0 Å². The van der Waals surface area contributed by atoms with Crippen molar-refractivity contribution in [3.63, 3.8) is 0 Å². The van der Waals surface area contributed by atoms with E-state index in [-0.39, 0.29) is 0 Å². The molecule has 0 bridgehead atoms. The van der Waals surface area contributed by atoms with Crippen molar-refractivity contribution in [2.75, 3.05) is 0 Å². The Morgan fingerprint density at radius 2 is 1.80 bits per heavy atom. The van der Waals surface area contributed by atoms with Crippen molar-refractivity contribution in [3.05, 3.63) is 69.2 Å². The highest BCUT2D eigenvalue weighted by molar-refractivity contribution is 6.30. The highest BCUT2D eigenvalue weighted by atomic mass is 35.5. The summed E-state index contributed by atoms with van der Waals surface area (Å²) in [6.45, 7) is 5.76. The van der Waals surface area contributed by atoms with Gasteiger partial charge in [-0.2, -0.15) is 0 Å². The molecule has 1 N–H and O–H groups in total. The standard InChI is InChI=1S/C17H17ClN2/c1-11-5-12(2)7-13(6-11)9-20-10-14-8-15(18)3-4-16(14)17(20)19/h3-8,19H,9-10H2,1-2H3. The van der Waals surface area contributed by atoms with Crippen LogP contribution in [0.1, 0.15) is 27.8 Å². The number of halogens is 1. The number of rotatable bonds is 2. The summed E-state index contributed by atoms with van der Waals surface area (Å²) in [5, 5.41) is 9.04. The number of benzene rings is 2. The van der Waals surface area contributed by atoms with Gasteiger partial charge in [0.25, 0.3) is 0 Å². The molecule has 1 heterocycles. The topological polar surface area (TPSA) is 27.1 Å². The predicted octanol–water partition coefficient (Wildman–Crippen LogP) is 4.30. The molecule has 102 valence electrons. The van der Waals surface area contributed by atoms with Crippen molar-refractivity contribution in [2.45, 2.75) is 26.9 Å². The van der Waals surface area contributed by atoms with E-state index in [4.69, 9.17) is 17.0 Å². The van der Waals surface area contributed by atoms with Gasteiger partial charge in [-0.3, -0.25) is 5.41 Å². The Kier molecular flexibility index (Phi) is 3.27. The van der Waals surface area contributed by atoms with Crippen molar-refractivity contribution in [1.82, 2.24) is 4.90 Å². The zero-order valence-electron chi connectivity index (χ0n) is 11.7. The van der Waals surface area contributed by atoms with Crippen LogP contribution in [-0.4, -0.2) is 10.7 Å². The lowest BCUT2D eigenvalue weighted by atomic mass is 10.1. The zero-order chi connectivity index (χ0) is 14.3. The molecule has 0 saturated carbocycles. The molecule has 0 aromatic heterocycles. The second-order valence-corrected chi connectivity index (χ2v) is 5.94. The summed E-state index contributed by atoms with van der Waals surface area (Å²) >= 11 is 6.03. The Hall–Kier alpha value is -1.80. The van der Waals surface area contributed by atoms with Gasteiger partial charge >= 0.3 is 0 Å². The molecule has 2 aromatic rings. The Morgan fingerprint density at radius 1 is 1.10 bits per heavy atom. The maximum absolute atomic E-state index is 8.30. The van der Waals surface area contributed by atoms with Crippen LogP contribution >= 0.6 is 11.6 Å². The third-order valence-corrected chi connectivity index (χ3v) is 3.89. The van der Waals surface area contributed by atoms with Crippen molar-refractivity contribution >= 4 is 17.4 Å². The minimum atomic E-state index is 0.593. The lowest BCUT2D eigenvalue weighted by Crippen LogP contribution is -2.23. The molecule has 20 heavy (non-hydrogen) atoms. The number of fused-ring (bicyclic) bond motifs is 1. The van der Waals surface area contributed by atoms with Crippen LogP contribution in [0.15, 0.2) is 36.4 Å². The van der Waals surface area contributed by atoms with Gasteiger partial charge in [0.2, 0.25) is 0 Å². The van der Waals surface area contributed by atoms with Gasteiger partial charge in [0.15, 0.2) is 0 Å². The van der Waals surface area contributed by atoms with E-state index in [0.29, 0.717) is 5.84 Å². The number of nitrogens with zero attached hydrogens (tertiary/aromatic N) is 1. The van der Waals surface area contributed by atoms with Crippen LogP contribution in [0, 0.1) is 19.3 Å². The fourth-order valence-electron chi connectivity index (χ4n) is 2.89. The van der Waals surface area contributed by atoms with Gasteiger partial charge < -0.3 is 4.90 Å². The maximum atomic E-state index is 8.30. The molecule has 0 unspecified atom stereocenters. The second-order valence-electron chi connectivity index (χ2n) is 5.50. The maximum Gasteiger partial charge on any atom is 0.129 e. The normalized spacial score (nSPS) is 13.8. The molecule has 2 aromatic carbocycles. The Bertz CT molecular complexity index is 671. The number of amidine groups is 1. The summed E-state index contributed by atoms with van der Waals surface area (Å²) in [5.41, 5.74) is 5.94. The van der Waals surface area contributed by atoms with Crippen LogP contribution in [0.4, 0.5) is 0 Å². The molecule has 0 amide bonds. The van der Waals surface area contributed by atoms with E-state index in [9.17, 15) is 0 Å². The summed E-state index contributed by atoms with van der Waals surface area (Å²) in [5.74, 6) is 0.593. The predicted molar refractivity (Wildman–Crippen MR) is 83.4 cm³/mol. The first kappa shape index (κ1) is 13.2. The monoisotopic (exact) mass is 284 g/mol. The molecule has 0 fully saturated rings. The average molecular weight is 285 g/mol. The first-order valence-corrected chi connectivity index (χ1v) is 7.10. The molecule has 0 atom stereocenters. The minimum absolute atomic E-state index is 0.593. The van der Waals surface area contributed by atoms with Crippen LogP contribution in [0.5, 0.6) is 0 Å². The molecule has 1 aliphatic heterocycles. The average Bonchev–Trinajstić information content (AvgIpc) is 2.64. The van der Waals surface area contributed by atoms with Gasteiger partial charge in [0.1, 0.15) is 5.84 Å². The molecular formula is C17H17ClN2. The van der Waals surface area contributed by atoms with E-state index in [1.807, 2.05) is 18.2 Å². The molecule has 0 aliphatic carbocycles. The smallest absolute Gasteiger partial charge is 0.129 e. The fourth-order valence-corrected chi connectivity index (χ4v) is 3.09. The molecule has 1 aliphatic rings. The lowest BCUT2D eigenvalue weighted by molar-refractivity contribution is 0.422. The highest BCUT2D eigenvalue weighted by Crippen LogP contribution is 2.27. The van der Waals surface area contributed by atoms with E-state index < -0.39 is 0 Å². The van der Waals surface area contributed by atoms with Crippen LogP contribution in [-0.2, 0) is 13.1 Å². The van der Waals surface area contributed by atoms with Gasteiger partial charge in [-0.15, -0.1) is 0 Å². The van der Waals surface area contributed by atoms with Crippen molar-refractivity contribution < 1.29 is 0 Å². The van der Waals surface area contributed by atoms with Crippen LogP contribution in [0.25, 0.3) is 0 Å². The lowest BCUT2D eigenvalue weighted by Gasteiger charge is -2.18. The van der Waals surface area contributed by atoms with Crippen molar-refractivity contribution in [2.24, 2.45) is 0 Å². The number of aryl methyl sites for hydroxylation is 2. The van der Waals surface area contributed by atoms with E-state index in [2.05, 4.69) is 36.9 Å². The quantitative estimate of drug-likeness (QED) is 0.875. The second kappa shape index (κ2) is 4.95. The van der Waals surface area contributed by atoms with E-state index in [0.717, 1.165) is 29.2 Å². The third kappa shape index (κ3) is 2.44. The number of nitrogens with one attached hydrogen (secondary N) is 1. The van der Waals surface area contributed by atoms with Gasteiger partial charge in [0.05, 0.1) is 0 Å².